The maximum Gasteiger partial charge on any atom is 0.178 e. The van der Waals surface area contributed by atoms with E-state index in [1.54, 1.807) is 19.4 Å². The van der Waals surface area contributed by atoms with Crippen LogP contribution in [0.25, 0.3) is 0 Å². The van der Waals surface area contributed by atoms with Crippen LogP contribution < -0.4 is 0 Å². The third kappa shape index (κ3) is 2.69. The lowest BCUT2D eigenvalue weighted by atomic mass is 9.68. The highest BCUT2D eigenvalue weighted by Crippen LogP contribution is 2.45. The summed E-state index contributed by atoms with van der Waals surface area (Å²) in [5.74, 6) is -0.129. The fourth-order valence-electron chi connectivity index (χ4n) is 3.20. The average molecular weight is 298 g/mol. The number of Topliss-reactive ketones (excluding diaryl/α,β-unsaturated/α-hetero) is 1. The summed E-state index contributed by atoms with van der Waals surface area (Å²) in [5.41, 5.74) is 0.592. The average Bonchev–Trinajstić information content (AvgIpc) is 2.51. The van der Waals surface area contributed by atoms with Gasteiger partial charge in [0.25, 0.3) is 0 Å². The van der Waals surface area contributed by atoms with Gasteiger partial charge in [0.05, 0.1) is 11.3 Å². The van der Waals surface area contributed by atoms with E-state index in [9.17, 15) is 10.1 Å². The summed E-state index contributed by atoms with van der Waals surface area (Å²) in [6, 6.07) is 5.97. The van der Waals surface area contributed by atoms with Crippen LogP contribution in [0.3, 0.4) is 0 Å². The molecule has 0 spiro atoms. The first-order valence-electron chi connectivity index (χ1n) is 7.57. The zero-order valence-corrected chi connectivity index (χ0v) is 13.6. The van der Waals surface area contributed by atoms with Crippen molar-refractivity contribution in [3.63, 3.8) is 0 Å². The highest BCUT2D eigenvalue weighted by Gasteiger charge is 2.47. The predicted octanol–water partition coefficient (Wildman–Crippen LogP) is 3.32. The van der Waals surface area contributed by atoms with Crippen LogP contribution in [0.1, 0.15) is 44.9 Å². The van der Waals surface area contributed by atoms with E-state index < -0.39 is 11.0 Å². The van der Waals surface area contributed by atoms with Crippen molar-refractivity contribution in [3.05, 3.63) is 41.2 Å². The largest absolute Gasteiger partial charge is 0.368 e. The van der Waals surface area contributed by atoms with Crippen molar-refractivity contribution >= 4 is 5.78 Å². The van der Waals surface area contributed by atoms with Gasteiger partial charge in [0, 0.05) is 18.7 Å². The first-order chi connectivity index (χ1) is 10.4. The Morgan fingerprint density at radius 3 is 2.77 bits per heavy atom. The van der Waals surface area contributed by atoms with Gasteiger partial charge in [-0.1, -0.05) is 33.3 Å². The molecule has 4 heteroatoms. The summed E-state index contributed by atoms with van der Waals surface area (Å²) in [6.07, 6.45) is 5.75. The van der Waals surface area contributed by atoms with E-state index in [4.69, 9.17) is 4.74 Å². The molecule has 0 saturated carbocycles. The van der Waals surface area contributed by atoms with Gasteiger partial charge in [0.1, 0.15) is 11.7 Å². The number of ether oxygens (including phenoxy) is 1. The van der Waals surface area contributed by atoms with Gasteiger partial charge in [-0.25, -0.2) is 0 Å². The second kappa shape index (κ2) is 6.02. The molecule has 1 aliphatic rings. The molecule has 0 saturated heterocycles. The lowest BCUT2D eigenvalue weighted by Crippen LogP contribution is -2.43. The molecule has 0 aromatic carbocycles. The van der Waals surface area contributed by atoms with E-state index in [1.165, 1.54) is 0 Å². The first-order valence-corrected chi connectivity index (χ1v) is 7.57. The quantitative estimate of drug-likeness (QED) is 0.855. The fraction of sp³-hybridized carbons (Fsp3) is 0.500. The number of nitrogens with zero attached hydrogens (tertiary/aromatic N) is 2. The van der Waals surface area contributed by atoms with Crippen molar-refractivity contribution < 1.29 is 9.53 Å². The minimum atomic E-state index is -0.825. The number of aryl methyl sites for hydroxylation is 1. The van der Waals surface area contributed by atoms with Crippen LogP contribution >= 0.6 is 0 Å². The number of allylic oxidation sites excluding steroid dienone is 1. The smallest absolute Gasteiger partial charge is 0.178 e. The molecular formula is C18H22N2O2. The van der Waals surface area contributed by atoms with E-state index in [1.807, 2.05) is 32.0 Å². The van der Waals surface area contributed by atoms with E-state index in [-0.39, 0.29) is 11.4 Å². The Morgan fingerprint density at radius 2 is 2.18 bits per heavy atom. The molecule has 116 valence electrons. The second-order valence-corrected chi connectivity index (χ2v) is 6.41. The van der Waals surface area contributed by atoms with E-state index in [0.717, 1.165) is 24.1 Å². The minimum absolute atomic E-state index is 0.129. The number of nitriles is 1. The first kappa shape index (κ1) is 16.4. The van der Waals surface area contributed by atoms with E-state index in [0.29, 0.717) is 6.42 Å². The number of pyridine rings is 1. The molecule has 0 N–H and O–H groups in total. The van der Waals surface area contributed by atoms with Crippen LogP contribution in [0.2, 0.25) is 0 Å². The van der Waals surface area contributed by atoms with Gasteiger partial charge < -0.3 is 4.74 Å². The molecule has 1 aromatic rings. The molecule has 1 heterocycles. The second-order valence-electron chi connectivity index (χ2n) is 6.41. The Labute approximate surface area is 131 Å². The van der Waals surface area contributed by atoms with Crippen LogP contribution in [0.5, 0.6) is 0 Å². The molecule has 2 rings (SSSR count). The third-order valence-corrected chi connectivity index (χ3v) is 4.24. The Bertz CT molecular complexity index is 655. The number of hydrogen-bond donors (Lipinski definition) is 0. The topological polar surface area (TPSA) is 63.0 Å². The summed E-state index contributed by atoms with van der Waals surface area (Å²) < 4.78 is 5.83. The maximum absolute atomic E-state index is 12.4. The van der Waals surface area contributed by atoms with Gasteiger partial charge in [-0.05, 0) is 30.5 Å². The van der Waals surface area contributed by atoms with Crippen molar-refractivity contribution in [1.29, 1.82) is 5.26 Å². The van der Waals surface area contributed by atoms with Gasteiger partial charge in [0.2, 0.25) is 0 Å². The Kier molecular flexibility index (Phi) is 4.48. The number of methoxy groups -OCH3 is 1. The Balaban J connectivity index is 2.66. The van der Waals surface area contributed by atoms with Crippen LogP contribution in [-0.2, 0) is 21.6 Å². The zero-order valence-electron chi connectivity index (χ0n) is 13.6. The van der Waals surface area contributed by atoms with Crippen molar-refractivity contribution in [1.82, 2.24) is 4.98 Å². The van der Waals surface area contributed by atoms with Crippen molar-refractivity contribution in [3.8, 4) is 6.07 Å². The normalized spacial score (nSPS) is 23.8. The van der Waals surface area contributed by atoms with Crippen molar-refractivity contribution in [2.24, 2.45) is 5.41 Å². The van der Waals surface area contributed by atoms with Crippen LogP contribution in [0, 0.1) is 16.7 Å². The number of hydrogen-bond acceptors (Lipinski definition) is 4. The van der Waals surface area contributed by atoms with E-state index >= 15 is 0 Å². The van der Waals surface area contributed by atoms with E-state index in [2.05, 4.69) is 11.9 Å². The Morgan fingerprint density at radius 1 is 1.45 bits per heavy atom. The SMILES string of the molecule is CCCc1cccnc1[C@@]1(OC)C=C(C#N)C(=O)C(C)(C)C1. The number of aromatic nitrogens is 1. The molecule has 1 aromatic heterocycles. The Hall–Kier alpha value is -1.99. The van der Waals surface area contributed by atoms with Crippen LogP contribution in [-0.4, -0.2) is 17.9 Å². The van der Waals surface area contributed by atoms with Gasteiger partial charge in [-0.15, -0.1) is 0 Å². The molecule has 0 radical (unpaired) electrons. The summed E-state index contributed by atoms with van der Waals surface area (Å²) in [5, 5.41) is 9.33. The van der Waals surface area contributed by atoms with Gasteiger partial charge in [0.15, 0.2) is 5.78 Å². The highest BCUT2D eigenvalue weighted by molar-refractivity contribution is 6.04. The molecule has 22 heavy (non-hydrogen) atoms. The predicted molar refractivity (Wildman–Crippen MR) is 84.0 cm³/mol. The molecule has 1 aliphatic carbocycles. The maximum atomic E-state index is 12.4. The zero-order chi connectivity index (χ0) is 16.4. The van der Waals surface area contributed by atoms with Crippen LogP contribution in [0.4, 0.5) is 0 Å². The molecule has 0 unspecified atom stereocenters. The molecule has 0 amide bonds. The van der Waals surface area contributed by atoms with Crippen molar-refractivity contribution in [2.45, 2.75) is 45.6 Å². The molecular weight excluding hydrogens is 276 g/mol. The number of rotatable bonds is 4. The minimum Gasteiger partial charge on any atom is -0.368 e. The lowest BCUT2D eigenvalue weighted by molar-refractivity contribution is -0.128. The van der Waals surface area contributed by atoms with Gasteiger partial charge in [-0.2, -0.15) is 5.26 Å². The monoisotopic (exact) mass is 298 g/mol. The molecule has 0 aliphatic heterocycles. The summed E-state index contributed by atoms with van der Waals surface area (Å²) >= 11 is 0. The summed E-state index contributed by atoms with van der Waals surface area (Å²) in [6.45, 7) is 5.83. The van der Waals surface area contributed by atoms with Gasteiger partial charge >= 0.3 is 0 Å². The molecule has 0 fully saturated rings. The van der Waals surface area contributed by atoms with Crippen LogP contribution in [0.15, 0.2) is 30.0 Å². The number of carbonyl (C=O) groups is 1. The molecule has 0 bridgehead atoms. The standard InChI is InChI=1S/C18H22N2O2/c1-5-7-13-8-6-9-20-15(13)18(22-4)10-14(11-19)16(21)17(2,3)12-18/h6,8-10H,5,7,12H2,1-4H3/t18-/m1/s1. The highest BCUT2D eigenvalue weighted by atomic mass is 16.5. The third-order valence-electron chi connectivity index (χ3n) is 4.24. The molecule has 1 atom stereocenters. The van der Waals surface area contributed by atoms with Crippen molar-refractivity contribution in [2.75, 3.05) is 7.11 Å². The number of carbonyl (C=O) groups excluding carboxylic acids is 1. The summed E-state index contributed by atoms with van der Waals surface area (Å²) in [4.78, 5) is 16.9. The lowest BCUT2D eigenvalue weighted by Gasteiger charge is -2.40. The van der Waals surface area contributed by atoms with Gasteiger partial charge in [-0.3, -0.25) is 9.78 Å². The number of ketones is 1. The summed E-state index contributed by atoms with van der Waals surface area (Å²) in [7, 11) is 1.61. The fourth-order valence-corrected chi connectivity index (χ4v) is 3.20. The molecule has 4 nitrogen and oxygen atoms in total.